The number of para-hydroxylation sites is 1. The molecule has 4 heteroatoms. The highest BCUT2D eigenvalue weighted by Crippen LogP contribution is 2.21. The number of hydrogen-bond acceptors (Lipinski definition) is 3. The van der Waals surface area contributed by atoms with Gasteiger partial charge in [-0.05, 0) is 26.0 Å². The van der Waals surface area contributed by atoms with E-state index in [0.29, 0.717) is 12.1 Å². The molecule has 1 aromatic rings. The summed E-state index contributed by atoms with van der Waals surface area (Å²) in [6, 6.07) is 6.58. The van der Waals surface area contributed by atoms with Crippen LogP contribution < -0.4 is 5.32 Å². The van der Waals surface area contributed by atoms with Crippen molar-refractivity contribution in [1.82, 2.24) is 0 Å². The van der Waals surface area contributed by atoms with Crippen molar-refractivity contribution < 1.29 is 13.9 Å². The molecule has 0 spiro atoms. The Balaban J connectivity index is 2.02. The average molecular weight is 225 g/mol. The van der Waals surface area contributed by atoms with Crippen LogP contribution in [0.15, 0.2) is 24.3 Å². The Labute approximate surface area is 94.6 Å². The quantitative estimate of drug-likeness (QED) is 0.839. The van der Waals surface area contributed by atoms with Gasteiger partial charge in [0.2, 0.25) is 0 Å². The van der Waals surface area contributed by atoms with Gasteiger partial charge in [0.15, 0.2) is 6.29 Å². The summed E-state index contributed by atoms with van der Waals surface area (Å²) < 4.78 is 24.3. The topological polar surface area (TPSA) is 30.5 Å². The Hall–Kier alpha value is -1.13. The van der Waals surface area contributed by atoms with Crippen LogP contribution in [0.5, 0.6) is 0 Å². The summed E-state index contributed by atoms with van der Waals surface area (Å²) in [6.07, 6.45) is 0.371. The van der Waals surface area contributed by atoms with Gasteiger partial charge in [0.1, 0.15) is 12.0 Å². The first-order valence-corrected chi connectivity index (χ1v) is 5.47. The van der Waals surface area contributed by atoms with E-state index in [2.05, 4.69) is 5.32 Å². The van der Waals surface area contributed by atoms with E-state index in [0.717, 1.165) is 0 Å². The van der Waals surface area contributed by atoms with Gasteiger partial charge in [-0.15, -0.1) is 0 Å². The second kappa shape index (κ2) is 4.80. The average Bonchev–Trinajstić information content (AvgIpc) is 2.20. The van der Waals surface area contributed by atoms with Gasteiger partial charge >= 0.3 is 0 Å². The third-order valence-corrected chi connectivity index (χ3v) is 2.52. The lowest BCUT2D eigenvalue weighted by Gasteiger charge is -2.33. The molecule has 0 unspecified atom stereocenters. The molecule has 0 aliphatic carbocycles. The standard InChI is InChI=1S/C12H16FNO2/c1-8-7-12(16-9(2)15-8)14-11-6-4-3-5-10(11)13/h3-6,8-9,12,14H,7H2,1-2H3/t8-,9-,12-/m1/s1. The van der Waals surface area contributed by atoms with Crippen molar-refractivity contribution in [3.63, 3.8) is 0 Å². The van der Waals surface area contributed by atoms with E-state index in [-0.39, 0.29) is 24.4 Å². The number of halogens is 1. The fourth-order valence-electron chi connectivity index (χ4n) is 1.85. The molecule has 1 N–H and O–H groups in total. The normalized spacial score (nSPS) is 30.1. The third kappa shape index (κ3) is 2.71. The maximum atomic E-state index is 13.4. The Bertz CT molecular complexity index is 349. The second-order valence-electron chi connectivity index (χ2n) is 4.00. The van der Waals surface area contributed by atoms with Gasteiger partial charge in [-0.1, -0.05) is 12.1 Å². The molecule has 16 heavy (non-hydrogen) atoms. The van der Waals surface area contributed by atoms with Gasteiger partial charge in [0, 0.05) is 6.42 Å². The fraction of sp³-hybridized carbons (Fsp3) is 0.500. The van der Waals surface area contributed by atoms with E-state index in [1.807, 2.05) is 13.8 Å². The molecule has 1 aliphatic heterocycles. The minimum atomic E-state index is -0.266. The van der Waals surface area contributed by atoms with E-state index >= 15 is 0 Å². The van der Waals surface area contributed by atoms with Crippen LogP contribution in [-0.4, -0.2) is 18.6 Å². The van der Waals surface area contributed by atoms with Gasteiger partial charge in [0.25, 0.3) is 0 Å². The summed E-state index contributed by atoms with van der Waals surface area (Å²) in [6.45, 7) is 3.82. The Morgan fingerprint density at radius 1 is 1.25 bits per heavy atom. The molecule has 0 radical (unpaired) electrons. The highest BCUT2D eigenvalue weighted by atomic mass is 19.1. The van der Waals surface area contributed by atoms with E-state index in [9.17, 15) is 4.39 Å². The molecule has 3 nitrogen and oxygen atoms in total. The fourth-order valence-corrected chi connectivity index (χ4v) is 1.85. The van der Waals surface area contributed by atoms with Crippen molar-refractivity contribution in [2.75, 3.05) is 5.32 Å². The molecule has 1 aromatic carbocycles. The summed E-state index contributed by atoms with van der Waals surface area (Å²) >= 11 is 0. The van der Waals surface area contributed by atoms with Crippen molar-refractivity contribution in [2.24, 2.45) is 0 Å². The highest BCUT2D eigenvalue weighted by Gasteiger charge is 2.25. The lowest BCUT2D eigenvalue weighted by atomic mass is 10.2. The van der Waals surface area contributed by atoms with Crippen molar-refractivity contribution in [1.29, 1.82) is 0 Å². The minimum absolute atomic E-state index is 0.119. The summed E-state index contributed by atoms with van der Waals surface area (Å²) in [5.41, 5.74) is 0.466. The van der Waals surface area contributed by atoms with Crippen LogP contribution in [0.1, 0.15) is 20.3 Å². The predicted molar refractivity (Wildman–Crippen MR) is 59.5 cm³/mol. The van der Waals surface area contributed by atoms with Gasteiger partial charge in [-0.3, -0.25) is 0 Å². The number of anilines is 1. The van der Waals surface area contributed by atoms with Crippen LogP contribution in [0.4, 0.5) is 10.1 Å². The summed E-state index contributed by atoms with van der Waals surface area (Å²) in [5.74, 6) is -0.266. The molecule has 0 amide bonds. The molecule has 0 aromatic heterocycles. The molecule has 2 rings (SSSR count). The first-order valence-electron chi connectivity index (χ1n) is 5.47. The first kappa shape index (κ1) is 11.4. The van der Waals surface area contributed by atoms with Gasteiger partial charge in [-0.2, -0.15) is 0 Å². The lowest BCUT2D eigenvalue weighted by Crippen LogP contribution is -2.39. The summed E-state index contributed by atoms with van der Waals surface area (Å²) in [7, 11) is 0. The third-order valence-electron chi connectivity index (χ3n) is 2.52. The van der Waals surface area contributed by atoms with E-state index < -0.39 is 0 Å². The van der Waals surface area contributed by atoms with Crippen LogP contribution in [0.25, 0.3) is 0 Å². The zero-order chi connectivity index (χ0) is 11.5. The monoisotopic (exact) mass is 225 g/mol. The predicted octanol–water partition coefficient (Wildman–Crippen LogP) is 2.74. The van der Waals surface area contributed by atoms with E-state index in [1.54, 1.807) is 18.2 Å². The summed E-state index contributed by atoms with van der Waals surface area (Å²) in [4.78, 5) is 0. The Morgan fingerprint density at radius 2 is 2.00 bits per heavy atom. The number of ether oxygens (including phenoxy) is 2. The zero-order valence-electron chi connectivity index (χ0n) is 9.44. The molecule has 1 heterocycles. The zero-order valence-corrected chi connectivity index (χ0v) is 9.44. The minimum Gasteiger partial charge on any atom is -0.358 e. The SMILES string of the molecule is C[C@@H]1O[C@H](C)C[C@H](Nc2ccccc2F)O1. The molecule has 3 atom stereocenters. The first-order chi connectivity index (χ1) is 7.65. The smallest absolute Gasteiger partial charge is 0.157 e. The molecule has 1 fully saturated rings. The molecule has 0 saturated carbocycles. The molecule has 0 bridgehead atoms. The van der Waals surface area contributed by atoms with E-state index in [4.69, 9.17) is 9.47 Å². The largest absolute Gasteiger partial charge is 0.358 e. The van der Waals surface area contributed by atoms with Crippen molar-refractivity contribution in [3.05, 3.63) is 30.1 Å². The van der Waals surface area contributed by atoms with Crippen LogP contribution in [0, 0.1) is 5.82 Å². The van der Waals surface area contributed by atoms with Crippen LogP contribution >= 0.6 is 0 Å². The van der Waals surface area contributed by atoms with Crippen LogP contribution in [-0.2, 0) is 9.47 Å². The number of benzene rings is 1. The summed E-state index contributed by atoms with van der Waals surface area (Å²) in [5, 5.41) is 3.03. The van der Waals surface area contributed by atoms with Crippen LogP contribution in [0.3, 0.4) is 0 Å². The number of rotatable bonds is 2. The van der Waals surface area contributed by atoms with Gasteiger partial charge < -0.3 is 14.8 Å². The highest BCUT2D eigenvalue weighted by molar-refractivity contribution is 5.44. The molecule has 1 aliphatic rings. The second-order valence-corrected chi connectivity index (χ2v) is 4.00. The van der Waals surface area contributed by atoms with Crippen molar-refractivity contribution >= 4 is 5.69 Å². The maximum absolute atomic E-state index is 13.4. The lowest BCUT2D eigenvalue weighted by molar-refractivity contribution is -0.222. The van der Waals surface area contributed by atoms with Crippen LogP contribution in [0.2, 0.25) is 0 Å². The van der Waals surface area contributed by atoms with Gasteiger partial charge in [0.05, 0.1) is 11.8 Å². The Kier molecular flexibility index (Phi) is 3.41. The molecular weight excluding hydrogens is 209 g/mol. The maximum Gasteiger partial charge on any atom is 0.157 e. The molecule has 88 valence electrons. The van der Waals surface area contributed by atoms with Crippen molar-refractivity contribution in [3.8, 4) is 0 Å². The van der Waals surface area contributed by atoms with Gasteiger partial charge in [-0.25, -0.2) is 4.39 Å². The van der Waals surface area contributed by atoms with E-state index in [1.165, 1.54) is 6.07 Å². The number of hydrogen-bond donors (Lipinski definition) is 1. The molecule has 1 saturated heterocycles. The molecular formula is C12H16FNO2. The van der Waals surface area contributed by atoms with Crippen molar-refractivity contribution in [2.45, 2.75) is 38.9 Å². The Morgan fingerprint density at radius 3 is 2.69 bits per heavy atom. The number of nitrogens with one attached hydrogen (secondary N) is 1.